The monoisotopic (exact) mass is 510 g/mol. The van der Waals surface area contributed by atoms with Gasteiger partial charge >= 0.3 is 11.9 Å². The van der Waals surface area contributed by atoms with Gasteiger partial charge in [0.2, 0.25) is 20.0 Å². The lowest BCUT2D eigenvalue weighted by atomic mass is 9.97. The average molecular weight is 511 g/mol. The molecule has 0 aliphatic carbocycles. The van der Waals surface area contributed by atoms with Crippen LogP contribution < -0.4 is 9.44 Å². The zero-order valence-corrected chi connectivity index (χ0v) is 20.1. The standard InChI is InChI=1S/C22H26N2O8S2/c1-15(23-33(29,30)17-9-5-3-6-10-17)13-19(21(25)26)20(22(27)28)14-16(2)24-34(31,32)18-11-7-4-8-12-18/h3-12,15-16,23-24H,13-14H2,1-2H3,(H,25,26)(H,27,28)/b20-19+/t15-,16-/m1/s1. The molecule has 34 heavy (non-hydrogen) atoms. The van der Waals surface area contributed by atoms with Crippen molar-refractivity contribution in [1.82, 2.24) is 9.44 Å². The van der Waals surface area contributed by atoms with Gasteiger partial charge in [-0.1, -0.05) is 36.4 Å². The van der Waals surface area contributed by atoms with Crippen molar-refractivity contribution in [2.75, 3.05) is 0 Å². The van der Waals surface area contributed by atoms with Crippen LogP contribution in [0.4, 0.5) is 0 Å². The van der Waals surface area contributed by atoms with E-state index in [9.17, 15) is 36.6 Å². The molecule has 0 fully saturated rings. The fourth-order valence-electron chi connectivity index (χ4n) is 3.24. The summed E-state index contributed by atoms with van der Waals surface area (Å²) in [4.78, 5) is 23.7. The second-order valence-electron chi connectivity index (χ2n) is 7.65. The average Bonchev–Trinajstić information content (AvgIpc) is 2.76. The van der Waals surface area contributed by atoms with Crippen molar-refractivity contribution in [3.05, 3.63) is 71.8 Å². The van der Waals surface area contributed by atoms with Gasteiger partial charge in [0.25, 0.3) is 0 Å². The van der Waals surface area contributed by atoms with Gasteiger partial charge < -0.3 is 10.2 Å². The van der Waals surface area contributed by atoms with E-state index in [1.807, 2.05) is 0 Å². The molecule has 0 unspecified atom stereocenters. The number of nitrogens with one attached hydrogen (secondary N) is 2. The molecule has 2 atom stereocenters. The zero-order chi connectivity index (χ0) is 25.5. The summed E-state index contributed by atoms with van der Waals surface area (Å²) in [6, 6.07) is 13.0. The Labute approximate surface area is 198 Å². The summed E-state index contributed by atoms with van der Waals surface area (Å²) < 4.78 is 54.7. The molecule has 0 radical (unpaired) electrons. The van der Waals surface area contributed by atoms with Crippen LogP contribution in [0.5, 0.6) is 0 Å². The van der Waals surface area contributed by atoms with E-state index >= 15 is 0 Å². The molecule has 0 saturated carbocycles. The molecule has 10 nitrogen and oxygen atoms in total. The van der Waals surface area contributed by atoms with Gasteiger partial charge in [0.05, 0.1) is 9.79 Å². The molecular formula is C22H26N2O8S2. The maximum atomic E-state index is 12.5. The molecule has 2 rings (SSSR count). The molecule has 0 spiro atoms. The van der Waals surface area contributed by atoms with E-state index < -0.39 is 68.1 Å². The summed E-state index contributed by atoms with van der Waals surface area (Å²) in [7, 11) is -7.92. The van der Waals surface area contributed by atoms with Crippen LogP contribution in [0.15, 0.2) is 81.6 Å². The van der Waals surface area contributed by atoms with E-state index in [0.717, 1.165) is 0 Å². The van der Waals surface area contributed by atoms with E-state index in [4.69, 9.17) is 0 Å². The van der Waals surface area contributed by atoms with Crippen LogP contribution in [-0.4, -0.2) is 51.1 Å². The predicted octanol–water partition coefficient (Wildman–Crippen LogP) is 1.97. The van der Waals surface area contributed by atoms with E-state index in [2.05, 4.69) is 9.44 Å². The Morgan fingerprint density at radius 3 is 1.24 bits per heavy atom. The SMILES string of the molecule is C[C@H](C/C(C(=O)O)=C(/C[C@@H](C)NS(=O)(=O)c1ccccc1)C(=O)O)NS(=O)(=O)c1ccccc1. The van der Waals surface area contributed by atoms with E-state index in [1.54, 1.807) is 12.1 Å². The normalized spacial score (nSPS) is 14.6. The number of carboxylic acid groups (broad SMARTS) is 2. The molecule has 0 bridgehead atoms. The number of benzene rings is 2. The first-order valence-corrected chi connectivity index (χ1v) is 13.1. The van der Waals surface area contributed by atoms with Crippen molar-refractivity contribution in [3.8, 4) is 0 Å². The Morgan fingerprint density at radius 1 is 0.676 bits per heavy atom. The van der Waals surface area contributed by atoms with Gasteiger partial charge in [-0.3, -0.25) is 0 Å². The highest BCUT2D eigenvalue weighted by atomic mass is 32.2. The molecule has 0 heterocycles. The van der Waals surface area contributed by atoms with Crippen molar-refractivity contribution in [1.29, 1.82) is 0 Å². The van der Waals surface area contributed by atoms with Crippen LogP contribution in [0, 0.1) is 0 Å². The largest absolute Gasteiger partial charge is 0.478 e. The maximum absolute atomic E-state index is 12.5. The number of carbonyl (C=O) groups is 2. The smallest absolute Gasteiger partial charge is 0.332 e. The van der Waals surface area contributed by atoms with Crippen LogP contribution in [0.1, 0.15) is 26.7 Å². The van der Waals surface area contributed by atoms with Crippen molar-refractivity contribution < 1.29 is 36.6 Å². The summed E-state index contributed by atoms with van der Waals surface area (Å²) in [6.45, 7) is 2.81. The Bertz CT molecular complexity index is 1160. The van der Waals surface area contributed by atoms with Gasteiger partial charge in [0, 0.05) is 23.2 Å². The van der Waals surface area contributed by atoms with Crippen molar-refractivity contribution in [2.24, 2.45) is 0 Å². The summed E-state index contributed by atoms with van der Waals surface area (Å²) in [5.74, 6) is -3.08. The third-order valence-electron chi connectivity index (χ3n) is 4.72. The minimum atomic E-state index is -3.96. The Morgan fingerprint density at radius 2 is 0.971 bits per heavy atom. The van der Waals surface area contributed by atoms with Gasteiger partial charge in [-0.2, -0.15) is 0 Å². The highest BCUT2D eigenvalue weighted by Crippen LogP contribution is 2.20. The molecule has 2 aromatic rings. The number of aliphatic carboxylic acids is 2. The first kappa shape index (κ1) is 27.2. The first-order chi connectivity index (χ1) is 15.8. The van der Waals surface area contributed by atoms with Crippen molar-refractivity contribution >= 4 is 32.0 Å². The lowest BCUT2D eigenvalue weighted by Gasteiger charge is -2.19. The molecule has 4 N–H and O–H groups in total. The molecular weight excluding hydrogens is 484 g/mol. The third-order valence-corrected chi connectivity index (χ3v) is 7.93. The third kappa shape index (κ3) is 7.48. The number of rotatable bonds is 12. The quantitative estimate of drug-likeness (QED) is 0.314. The fraction of sp³-hybridized carbons (Fsp3) is 0.273. The first-order valence-electron chi connectivity index (χ1n) is 10.2. The van der Waals surface area contributed by atoms with Crippen LogP contribution in [0.3, 0.4) is 0 Å². The zero-order valence-electron chi connectivity index (χ0n) is 18.5. The van der Waals surface area contributed by atoms with Gasteiger partial charge in [-0.05, 0) is 51.0 Å². The summed E-state index contributed by atoms with van der Waals surface area (Å²) >= 11 is 0. The minimum absolute atomic E-state index is 0.0231. The van der Waals surface area contributed by atoms with Gasteiger partial charge in [0.1, 0.15) is 0 Å². The molecule has 2 aromatic carbocycles. The number of hydrogen-bond donors (Lipinski definition) is 4. The molecule has 0 aliphatic rings. The van der Waals surface area contributed by atoms with E-state index in [-0.39, 0.29) is 9.79 Å². The van der Waals surface area contributed by atoms with Crippen molar-refractivity contribution in [2.45, 2.75) is 48.6 Å². The van der Waals surface area contributed by atoms with Crippen molar-refractivity contribution in [3.63, 3.8) is 0 Å². The number of hydrogen-bond acceptors (Lipinski definition) is 6. The topological polar surface area (TPSA) is 167 Å². The minimum Gasteiger partial charge on any atom is -0.478 e. The second-order valence-corrected chi connectivity index (χ2v) is 11.1. The Kier molecular flexibility index (Phi) is 9.10. The van der Waals surface area contributed by atoms with Gasteiger partial charge in [-0.15, -0.1) is 0 Å². The molecule has 184 valence electrons. The molecule has 0 amide bonds. The summed E-state index contributed by atoms with van der Waals surface area (Å²) in [6.07, 6.45) is -0.859. The summed E-state index contributed by atoms with van der Waals surface area (Å²) in [5.41, 5.74) is -1.05. The molecule has 0 saturated heterocycles. The second kappa shape index (κ2) is 11.4. The number of sulfonamides is 2. The lowest BCUT2D eigenvalue weighted by Crippen LogP contribution is -2.35. The Hall–Kier alpha value is -3.06. The van der Waals surface area contributed by atoms with Crippen LogP contribution in [0.2, 0.25) is 0 Å². The van der Waals surface area contributed by atoms with E-state index in [1.165, 1.54) is 62.4 Å². The van der Waals surface area contributed by atoms with Gasteiger partial charge in [0.15, 0.2) is 0 Å². The predicted molar refractivity (Wildman–Crippen MR) is 124 cm³/mol. The van der Waals surface area contributed by atoms with E-state index in [0.29, 0.717) is 0 Å². The van der Waals surface area contributed by atoms with Crippen LogP contribution in [-0.2, 0) is 29.6 Å². The lowest BCUT2D eigenvalue weighted by molar-refractivity contribution is -0.136. The van der Waals surface area contributed by atoms with Crippen LogP contribution in [0.25, 0.3) is 0 Å². The maximum Gasteiger partial charge on any atom is 0.332 e. The molecule has 12 heteroatoms. The Balaban J connectivity index is 2.24. The van der Waals surface area contributed by atoms with Crippen LogP contribution >= 0.6 is 0 Å². The summed E-state index contributed by atoms with van der Waals surface area (Å²) in [5, 5.41) is 19.3. The number of carboxylic acids is 2. The fourth-order valence-corrected chi connectivity index (χ4v) is 5.77. The van der Waals surface area contributed by atoms with Gasteiger partial charge in [-0.25, -0.2) is 35.9 Å². The molecule has 0 aromatic heterocycles. The highest BCUT2D eigenvalue weighted by molar-refractivity contribution is 7.89. The highest BCUT2D eigenvalue weighted by Gasteiger charge is 2.27. The molecule has 0 aliphatic heterocycles.